The SMILES string of the molecule is COc1cc(/C=C/C(=O)N(CCO)c2c(N)n(Cc3ccccc3)c(=O)[nH]c2=O)ccc1OCC#N. The maximum atomic E-state index is 13.1. The van der Waals surface area contributed by atoms with Crippen LogP contribution in [0.2, 0.25) is 0 Å². The zero-order valence-corrected chi connectivity index (χ0v) is 19.5. The normalized spacial score (nSPS) is 10.7. The number of anilines is 2. The number of nitrogens with zero attached hydrogens (tertiary/aromatic N) is 3. The summed E-state index contributed by atoms with van der Waals surface area (Å²) in [6.45, 7) is -0.756. The highest BCUT2D eigenvalue weighted by atomic mass is 16.5. The number of benzene rings is 2. The highest BCUT2D eigenvalue weighted by molar-refractivity contribution is 6.05. The number of nitrogens with two attached hydrogens (primary N) is 1. The Hall–Kier alpha value is -4.82. The molecule has 0 radical (unpaired) electrons. The maximum absolute atomic E-state index is 13.1. The predicted octanol–water partition coefficient (Wildman–Crippen LogP) is 1.12. The minimum Gasteiger partial charge on any atom is -0.493 e. The van der Waals surface area contributed by atoms with E-state index in [1.54, 1.807) is 42.5 Å². The van der Waals surface area contributed by atoms with E-state index in [0.717, 1.165) is 15.0 Å². The van der Waals surface area contributed by atoms with Crippen molar-refractivity contribution in [3.8, 4) is 17.6 Å². The molecule has 11 heteroatoms. The van der Waals surface area contributed by atoms with Crippen LogP contribution in [-0.4, -0.2) is 47.4 Å². The molecule has 0 fully saturated rings. The van der Waals surface area contributed by atoms with E-state index in [-0.39, 0.29) is 31.2 Å². The fraction of sp³-hybridized carbons (Fsp3) is 0.200. The van der Waals surface area contributed by atoms with Crippen LogP contribution in [0.1, 0.15) is 11.1 Å². The minimum atomic E-state index is -0.849. The number of methoxy groups -OCH3 is 1. The van der Waals surface area contributed by atoms with Gasteiger partial charge in [0.05, 0.1) is 20.3 Å². The number of nitrogen functional groups attached to an aromatic ring is 1. The van der Waals surface area contributed by atoms with Gasteiger partial charge in [0.15, 0.2) is 23.8 Å². The first kappa shape index (κ1) is 25.8. The number of aromatic amines is 1. The van der Waals surface area contributed by atoms with Crippen LogP contribution in [0, 0.1) is 11.3 Å². The molecular formula is C25H25N5O6. The van der Waals surface area contributed by atoms with Gasteiger partial charge in [-0.15, -0.1) is 0 Å². The van der Waals surface area contributed by atoms with E-state index in [1.807, 2.05) is 12.1 Å². The average Bonchev–Trinajstić information content (AvgIpc) is 2.88. The fourth-order valence-electron chi connectivity index (χ4n) is 3.47. The van der Waals surface area contributed by atoms with Gasteiger partial charge in [-0.3, -0.25) is 24.0 Å². The Morgan fingerprint density at radius 1 is 1.22 bits per heavy atom. The topological polar surface area (TPSA) is 164 Å². The minimum absolute atomic E-state index is 0.0757. The van der Waals surface area contributed by atoms with Crippen LogP contribution in [0.3, 0.4) is 0 Å². The molecule has 0 unspecified atom stereocenters. The van der Waals surface area contributed by atoms with Crippen molar-refractivity contribution in [2.45, 2.75) is 6.54 Å². The number of aliphatic hydroxyl groups excluding tert-OH is 1. The molecule has 0 spiro atoms. The summed E-state index contributed by atoms with van der Waals surface area (Å²) in [6, 6.07) is 15.7. The number of ether oxygens (including phenoxy) is 2. The number of rotatable bonds is 10. The molecule has 3 rings (SSSR count). The number of carbonyl (C=O) groups excluding carboxylic acids is 1. The van der Waals surface area contributed by atoms with Crippen molar-refractivity contribution in [1.29, 1.82) is 5.26 Å². The monoisotopic (exact) mass is 491 g/mol. The largest absolute Gasteiger partial charge is 0.493 e. The molecule has 4 N–H and O–H groups in total. The van der Waals surface area contributed by atoms with Gasteiger partial charge in [0.2, 0.25) is 0 Å². The lowest BCUT2D eigenvalue weighted by atomic mass is 10.2. The molecule has 186 valence electrons. The highest BCUT2D eigenvalue weighted by Gasteiger charge is 2.22. The van der Waals surface area contributed by atoms with Gasteiger partial charge in [0.1, 0.15) is 11.9 Å². The van der Waals surface area contributed by atoms with E-state index in [2.05, 4.69) is 4.98 Å². The zero-order valence-electron chi connectivity index (χ0n) is 19.5. The number of carbonyl (C=O) groups is 1. The molecule has 1 aromatic heterocycles. The molecule has 0 aliphatic heterocycles. The van der Waals surface area contributed by atoms with Crippen LogP contribution in [0.5, 0.6) is 11.5 Å². The second kappa shape index (κ2) is 12.0. The predicted molar refractivity (Wildman–Crippen MR) is 134 cm³/mol. The number of H-pyrrole nitrogens is 1. The summed E-state index contributed by atoms with van der Waals surface area (Å²) in [5.41, 5.74) is 5.72. The summed E-state index contributed by atoms with van der Waals surface area (Å²) < 4.78 is 11.7. The molecule has 11 nitrogen and oxygen atoms in total. The van der Waals surface area contributed by atoms with Gasteiger partial charge in [-0.2, -0.15) is 5.26 Å². The Morgan fingerprint density at radius 2 is 1.97 bits per heavy atom. The molecule has 0 bridgehead atoms. The number of aromatic nitrogens is 2. The van der Waals surface area contributed by atoms with Gasteiger partial charge in [0.25, 0.3) is 11.5 Å². The third kappa shape index (κ3) is 5.99. The van der Waals surface area contributed by atoms with E-state index in [4.69, 9.17) is 20.5 Å². The lowest BCUT2D eigenvalue weighted by molar-refractivity contribution is -0.114. The van der Waals surface area contributed by atoms with Gasteiger partial charge in [-0.1, -0.05) is 36.4 Å². The molecule has 0 aliphatic carbocycles. The number of hydrogen-bond donors (Lipinski definition) is 3. The van der Waals surface area contributed by atoms with Crippen LogP contribution in [0.15, 0.2) is 64.2 Å². The third-order valence-electron chi connectivity index (χ3n) is 5.16. The smallest absolute Gasteiger partial charge is 0.330 e. The van der Waals surface area contributed by atoms with E-state index in [0.29, 0.717) is 17.1 Å². The van der Waals surface area contributed by atoms with Gasteiger partial charge < -0.3 is 20.3 Å². The van der Waals surface area contributed by atoms with Crippen LogP contribution < -0.4 is 31.4 Å². The first-order chi connectivity index (χ1) is 17.4. The van der Waals surface area contributed by atoms with Crippen molar-refractivity contribution in [3.63, 3.8) is 0 Å². The molecule has 0 saturated heterocycles. The molecule has 1 heterocycles. The fourth-order valence-corrected chi connectivity index (χ4v) is 3.47. The Bertz CT molecular complexity index is 1410. The lowest BCUT2D eigenvalue weighted by Gasteiger charge is -2.22. The summed E-state index contributed by atoms with van der Waals surface area (Å²) in [7, 11) is 1.44. The van der Waals surface area contributed by atoms with Gasteiger partial charge in [-0.25, -0.2) is 4.79 Å². The maximum Gasteiger partial charge on any atom is 0.330 e. The first-order valence-electron chi connectivity index (χ1n) is 10.8. The van der Waals surface area contributed by atoms with Gasteiger partial charge >= 0.3 is 5.69 Å². The molecule has 1 amide bonds. The number of amides is 1. The Balaban J connectivity index is 1.94. The van der Waals surface area contributed by atoms with Crippen molar-refractivity contribution in [3.05, 3.63) is 86.6 Å². The van der Waals surface area contributed by atoms with Crippen molar-refractivity contribution >= 4 is 23.5 Å². The van der Waals surface area contributed by atoms with Crippen LogP contribution in [-0.2, 0) is 11.3 Å². The summed E-state index contributed by atoms with van der Waals surface area (Å²) in [6.07, 6.45) is 2.68. The van der Waals surface area contributed by atoms with Crippen LogP contribution in [0.4, 0.5) is 11.5 Å². The van der Waals surface area contributed by atoms with E-state index in [9.17, 15) is 19.5 Å². The number of nitrogens with one attached hydrogen (secondary N) is 1. The van der Waals surface area contributed by atoms with E-state index in [1.165, 1.54) is 19.3 Å². The summed E-state index contributed by atoms with van der Waals surface area (Å²) >= 11 is 0. The summed E-state index contributed by atoms with van der Waals surface area (Å²) in [5.74, 6) is -0.122. The van der Waals surface area contributed by atoms with Crippen molar-refractivity contribution in [2.75, 3.05) is 37.5 Å². The third-order valence-corrected chi connectivity index (χ3v) is 5.16. The quantitative estimate of drug-likeness (QED) is 0.355. The zero-order chi connectivity index (χ0) is 26.1. The Labute approximate surface area is 206 Å². The number of aliphatic hydroxyl groups is 1. The average molecular weight is 492 g/mol. The molecule has 2 aromatic carbocycles. The Morgan fingerprint density at radius 3 is 2.64 bits per heavy atom. The summed E-state index contributed by atoms with van der Waals surface area (Å²) in [5, 5.41) is 18.2. The second-order valence-corrected chi connectivity index (χ2v) is 7.47. The molecule has 0 saturated carbocycles. The molecule has 36 heavy (non-hydrogen) atoms. The van der Waals surface area contributed by atoms with E-state index < -0.39 is 23.8 Å². The standard InChI is InChI=1S/C25H25N5O6/c1-35-20-15-17(7-9-19(20)36-14-11-26)8-10-21(32)29(12-13-31)22-23(27)30(25(34)28-24(22)33)16-18-5-3-2-4-6-18/h2-10,15,31H,12-14,16,27H2,1H3,(H,28,33,34)/b10-8+. The number of nitriles is 1. The van der Waals surface area contributed by atoms with Gasteiger partial charge in [-0.05, 0) is 29.3 Å². The van der Waals surface area contributed by atoms with Crippen molar-refractivity contribution < 1.29 is 19.4 Å². The van der Waals surface area contributed by atoms with Crippen LogP contribution >= 0.6 is 0 Å². The van der Waals surface area contributed by atoms with Crippen molar-refractivity contribution in [2.24, 2.45) is 0 Å². The molecule has 0 aliphatic rings. The first-order valence-corrected chi connectivity index (χ1v) is 10.8. The lowest BCUT2D eigenvalue weighted by Crippen LogP contribution is -2.41. The molecular weight excluding hydrogens is 466 g/mol. The summed E-state index contributed by atoms with van der Waals surface area (Å²) in [4.78, 5) is 41.4. The Kier molecular flexibility index (Phi) is 8.63. The second-order valence-electron chi connectivity index (χ2n) is 7.47. The van der Waals surface area contributed by atoms with E-state index >= 15 is 0 Å². The molecule has 3 aromatic rings. The van der Waals surface area contributed by atoms with Gasteiger partial charge in [0, 0.05) is 12.6 Å². The molecule has 0 atom stereocenters. The highest BCUT2D eigenvalue weighted by Crippen LogP contribution is 2.28. The van der Waals surface area contributed by atoms with Crippen molar-refractivity contribution in [1.82, 2.24) is 9.55 Å². The number of hydrogen-bond acceptors (Lipinski definition) is 8. The van der Waals surface area contributed by atoms with Crippen LogP contribution in [0.25, 0.3) is 6.08 Å².